The summed E-state index contributed by atoms with van der Waals surface area (Å²) in [5, 5.41) is 11.3. The summed E-state index contributed by atoms with van der Waals surface area (Å²) in [7, 11) is 6.31. The maximum absolute atomic E-state index is 5.46. The SMILES string of the molecule is COc1ncc(-c2cnn3c2NC(Nc2cc(C)c(OC)c(OC)c2)C=C3)c(OC)n1. The molecular formula is C21H24N6O4. The van der Waals surface area contributed by atoms with Crippen molar-refractivity contribution in [2.75, 3.05) is 39.1 Å². The van der Waals surface area contributed by atoms with Gasteiger partial charge in [0, 0.05) is 24.2 Å². The molecule has 2 aromatic heterocycles. The Balaban J connectivity index is 1.62. The Labute approximate surface area is 179 Å². The lowest BCUT2D eigenvalue weighted by molar-refractivity contribution is 0.353. The fraction of sp³-hybridized carbons (Fsp3) is 0.286. The fourth-order valence-electron chi connectivity index (χ4n) is 3.47. The number of nitrogens with zero attached hydrogens (tertiary/aromatic N) is 4. The highest BCUT2D eigenvalue weighted by Crippen LogP contribution is 2.37. The normalized spacial score (nSPS) is 14.4. The molecule has 0 spiro atoms. The van der Waals surface area contributed by atoms with E-state index in [2.05, 4.69) is 25.7 Å². The third kappa shape index (κ3) is 3.79. The van der Waals surface area contributed by atoms with Gasteiger partial charge in [0.05, 0.1) is 45.8 Å². The standard InChI is InChI=1S/C21H24N6O4/c1-12-8-13(9-16(28-2)18(12)29-3)24-17-6-7-27-19(25-17)14(11-23-27)15-10-22-21(31-5)26-20(15)30-4/h6-11,17,24-25H,1-5H3. The molecule has 10 heteroatoms. The Morgan fingerprint density at radius 1 is 1.00 bits per heavy atom. The van der Waals surface area contributed by atoms with Gasteiger partial charge in [-0.2, -0.15) is 10.1 Å². The van der Waals surface area contributed by atoms with E-state index in [1.807, 2.05) is 31.3 Å². The number of rotatable bonds is 7. The topological polar surface area (TPSA) is 105 Å². The van der Waals surface area contributed by atoms with Crippen molar-refractivity contribution in [2.24, 2.45) is 0 Å². The van der Waals surface area contributed by atoms with E-state index in [1.165, 1.54) is 7.11 Å². The van der Waals surface area contributed by atoms with Gasteiger partial charge in [0.1, 0.15) is 12.0 Å². The number of benzene rings is 1. The van der Waals surface area contributed by atoms with E-state index in [-0.39, 0.29) is 12.2 Å². The van der Waals surface area contributed by atoms with Crippen LogP contribution in [0.1, 0.15) is 5.56 Å². The van der Waals surface area contributed by atoms with Crippen LogP contribution in [-0.4, -0.2) is 54.4 Å². The molecule has 0 fully saturated rings. The first kappa shape index (κ1) is 20.3. The summed E-state index contributed by atoms with van der Waals surface area (Å²) in [5.74, 6) is 2.56. The second-order valence-electron chi connectivity index (χ2n) is 6.77. The highest BCUT2D eigenvalue weighted by atomic mass is 16.5. The molecule has 31 heavy (non-hydrogen) atoms. The minimum Gasteiger partial charge on any atom is -0.493 e. The first-order chi connectivity index (χ1) is 15.1. The zero-order valence-electron chi connectivity index (χ0n) is 18.0. The Morgan fingerprint density at radius 2 is 1.84 bits per heavy atom. The molecule has 10 nitrogen and oxygen atoms in total. The number of fused-ring (bicyclic) bond motifs is 1. The molecule has 162 valence electrons. The van der Waals surface area contributed by atoms with E-state index in [0.29, 0.717) is 22.9 Å². The highest BCUT2D eigenvalue weighted by Gasteiger charge is 2.22. The number of methoxy groups -OCH3 is 4. The predicted octanol–water partition coefficient (Wildman–Crippen LogP) is 3.02. The summed E-state index contributed by atoms with van der Waals surface area (Å²) in [6.07, 6.45) is 7.06. The van der Waals surface area contributed by atoms with Crippen molar-refractivity contribution in [1.82, 2.24) is 19.7 Å². The molecule has 1 aliphatic heterocycles. The third-order valence-corrected chi connectivity index (χ3v) is 4.89. The first-order valence-electron chi connectivity index (χ1n) is 9.54. The van der Waals surface area contributed by atoms with Gasteiger partial charge >= 0.3 is 6.01 Å². The Hall–Kier alpha value is -3.95. The van der Waals surface area contributed by atoms with E-state index in [9.17, 15) is 0 Å². The molecule has 4 rings (SSSR count). The molecule has 0 saturated heterocycles. The van der Waals surface area contributed by atoms with Crippen LogP contribution in [0.15, 0.2) is 30.6 Å². The number of anilines is 2. The molecule has 0 amide bonds. The van der Waals surface area contributed by atoms with Crippen molar-refractivity contribution in [3.05, 3.63) is 36.2 Å². The Morgan fingerprint density at radius 3 is 2.55 bits per heavy atom. The minimum absolute atomic E-state index is 0.189. The van der Waals surface area contributed by atoms with E-state index in [0.717, 1.165) is 22.6 Å². The Bertz CT molecular complexity index is 1130. The van der Waals surface area contributed by atoms with Crippen LogP contribution < -0.4 is 29.6 Å². The molecule has 1 atom stereocenters. The highest BCUT2D eigenvalue weighted by molar-refractivity contribution is 5.80. The summed E-state index contributed by atoms with van der Waals surface area (Å²) in [4.78, 5) is 8.47. The molecule has 1 unspecified atom stereocenters. The van der Waals surface area contributed by atoms with Crippen LogP contribution in [0.4, 0.5) is 11.5 Å². The van der Waals surface area contributed by atoms with Crippen molar-refractivity contribution in [2.45, 2.75) is 13.1 Å². The number of hydrogen-bond donors (Lipinski definition) is 2. The summed E-state index contributed by atoms with van der Waals surface area (Å²) in [6, 6.07) is 4.14. The second kappa shape index (κ2) is 8.42. The van der Waals surface area contributed by atoms with Gasteiger partial charge in [-0.3, -0.25) is 0 Å². The van der Waals surface area contributed by atoms with Gasteiger partial charge in [0.15, 0.2) is 11.5 Å². The molecule has 1 aromatic carbocycles. The number of hydrogen-bond acceptors (Lipinski definition) is 9. The lowest BCUT2D eigenvalue weighted by Gasteiger charge is -2.24. The molecule has 0 aliphatic carbocycles. The summed E-state index contributed by atoms with van der Waals surface area (Å²) in [5.41, 5.74) is 3.36. The van der Waals surface area contributed by atoms with Crippen LogP contribution in [0, 0.1) is 6.92 Å². The van der Waals surface area contributed by atoms with Crippen molar-refractivity contribution in [3.63, 3.8) is 0 Å². The van der Waals surface area contributed by atoms with Gasteiger partial charge in [-0.1, -0.05) is 0 Å². The zero-order chi connectivity index (χ0) is 22.0. The molecule has 2 N–H and O–H groups in total. The van der Waals surface area contributed by atoms with Gasteiger partial charge in [0.25, 0.3) is 0 Å². The fourth-order valence-corrected chi connectivity index (χ4v) is 3.47. The molecule has 0 bridgehead atoms. The molecular weight excluding hydrogens is 400 g/mol. The summed E-state index contributed by atoms with van der Waals surface area (Å²) >= 11 is 0. The maximum atomic E-state index is 5.46. The lowest BCUT2D eigenvalue weighted by atomic mass is 10.1. The number of aromatic nitrogens is 4. The number of aryl methyl sites for hydroxylation is 1. The zero-order valence-corrected chi connectivity index (χ0v) is 18.0. The number of nitrogens with one attached hydrogen (secondary N) is 2. The first-order valence-corrected chi connectivity index (χ1v) is 9.54. The van der Waals surface area contributed by atoms with E-state index in [1.54, 1.807) is 38.4 Å². The molecule has 0 saturated carbocycles. The van der Waals surface area contributed by atoms with Gasteiger partial charge in [-0.15, -0.1) is 0 Å². The van der Waals surface area contributed by atoms with E-state index >= 15 is 0 Å². The van der Waals surface area contributed by atoms with Crippen LogP contribution in [0.25, 0.3) is 17.3 Å². The molecule has 3 heterocycles. The van der Waals surface area contributed by atoms with Crippen molar-refractivity contribution < 1.29 is 18.9 Å². The maximum Gasteiger partial charge on any atom is 0.319 e. The summed E-state index contributed by atoms with van der Waals surface area (Å²) in [6.45, 7) is 1.97. The number of ether oxygens (including phenoxy) is 4. The van der Waals surface area contributed by atoms with Gasteiger partial charge in [-0.05, 0) is 24.6 Å². The van der Waals surface area contributed by atoms with Crippen LogP contribution in [-0.2, 0) is 0 Å². The third-order valence-electron chi connectivity index (χ3n) is 4.89. The van der Waals surface area contributed by atoms with Crippen LogP contribution in [0.2, 0.25) is 0 Å². The van der Waals surface area contributed by atoms with Crippen molar-refractivity contribution in [1.29, 1.82) is 0 Å². The van der Waals surface area contributed by atoms with Crippen molar-refractivity contribution >= 4 is 17.7 Å². The second-order valence-corrected chi connectivity index (χ2v) is 6.77. The van der Waals surface area contributed by atoms with Crippen LogP contribution >= 0.6 is 0 Å². The Kier molecular flexibility index (Phi) is 5.52. The predicted molar refractivity (Wildman–Crippen MR) is 117 cm³/mol. The van der Waals surface area contributed by atoms with E-state index < -0.39 is 0 Å². The molecule has 0 radical (unpaired) electrons. The quantitative estimate of drug-likeness (QED) is 0.592. The minimum atomic E-state index is -0.189. The van der Waals surface area contributed by atoms with Crippen LogP contribution in [0.3, 0.4) is 0 Å². The largest absolute Gasteiger partial charge is 0.493 e. The van der Waals surface area contributed by atoms with E-state index in [4.69, 9.17) is 18.9 Å². The lowest BCUT2D eigenvalue weighted by Crippen LogP contribution is -2.30. The van der Waals surface area contributed by atoms with Crippen molar-refractivity contribution in [3.8, 4) is 34.5 Å². The molecule has 1 aliphatic rings. The average molecular weight is 424 g/mol. The monoisotopic (exact) mass is 424 g/mol. The van der Waals surface area contributed by atoms with Crippen LogP contribution in [0.5, 0.6) is 23.4 Å². The smallest absolute Gasteiger partial charge is 0.319 e. The van der Waals surface area contributed by atoms with Gasteiger partial charge < -0.3 is 29.6 Å². The van der Waals surface area contributed by atoms with Gasteiger partial charge in [0.2, 0.25) is 5.88 Å². The molecule has 3 aromatic rings. The van der Waals surface area contributed by atoms with Gasteiger partial charge in [-0.25, -0.2) is 9.67 Å². The average Bonchev–Trinajstić information content (AvgIpc) is 3.21. The summed E-state index contributed by atoms with van der Waals surface area (Å²) < 4.78 is 23.1.